The molecule has 0 saturated carbocycles. The lowest BCUT2D eigenvalue weighted by Gasteiger charge is -2.12. The van der Waals surface area contributed by atoms with Gasteiger partial charge in [0.15, 0.2) is 0 Å². The summed E-state index contributed by atoms with van der Waals surface area (Å²) in [5.74, 6) is 0. The molecular weight excluding hydrogens is 263 g/mol. The third kappa shape index (κ3) is 3.09. The third-order valence-electron chi connectivity index (χ3n) is 1.70. The molecule has 17 heavy (non-hydrogen) atoms. The second-order valence-corrected chi connectivity index (χ2v) is 4.56. The molecule has 0 radical (unpaired) electrons. The van der Waals surface area contributed by atoms with E-state index in [1.807, 2.05) is 0 Å². The van der Waals surface area contributed by atoms with Gasteiger partial charge in [-0.1, -0.05) is 12.1 Å². The number of alkyl halides is 3. The molecule has 1 aromatic carbocycles. The molecule has 2 N–H and O–H groups in total. The maximum Gasteiger partial charge on any atom is 0.418 e. The lowest BCUT2D eigenvalue weighted by Crippen LogP contribution is -2.30. The highest BCUT2D eigenvalue weighted by atomic mass is 32.2. The van der Waals surface area contributed by atoms with E-state index in [2.05, 4.69) is 0 Å². The number of carbonyl (C=O) groups is 1. The summed E-state index contributed by atoms with van der Waals surface area (Å²) in [6.45, 7) is 0. The molecule has 1 aromatic rings. The highest BCUT2D eigenvalue weighted by molar-refractivity contribution is 7.90. The van der Waals surface area contributed by atoms with Crippen LogP contribution in [0, 0.1) is 0 Å². The molecule has 0 aliphatic carbocycles. The molecule has 5 nitrogen and oxygen atoms in total. The van der Waals surface area contributed by atoms with Gasteiger partial charge in [0.25, 0.3) is 10.0 Å². The van der Waals surface area contributed by atoms with E-state index in [1.54, 1.807) is 0 Å². The zero-order valence-electron chi connectivity index (χ0n) is 8.02. The van der Waals surface area contributed by atoms with E-state index in [1.165, 1.54) is 0 Å². The van der Waals surface area contributed by atoms with Gasteiger partial charge < -0.3 is 5.11 Å². The van der Waals surface area contributed by atoms with Crippen molar-refractivity contribution >= 4 is 16.1 Å². The van der Waals surface area contributed by atoms with Crippen molar-refractivity contribution in [3.05, 3.63) is 29.8 Å². The summed E-state index contributed by atoms with van der Waals surface area (Å²) in [7, 11) is -4.74. The van der Waals surface area contributed by atoms with Crippen LogP contribution >= 0.6 is 0 Å². The molecule has 0 bridgehead atoms. The fourth-order valence-electron chi connectivity index (χ4n) is 1.11. The molecule has 94 valence electrons. The number of rotatable bonds is 2. The van der Waals surface area contributed by atoms with Crippen LogP contribution in [0.2, 0.25) is 0 Å². The molecule has 0 aromatic heterocycles. The number of benzene rings is 1. The minimum absolute atomic E-state index is 0.552. The Balaban J connectivity index is 3.38. The topological polar surface area (TPSA) is 83.5 Å². The fraction of sp³-hybridized carbons (Fsp3) is 0.125. The Morgan fingerprint density at radius 1 is 1.24 bits per heavy atom. The molecule has 0 unspecified atom stereocenters. The molecule has 0 fully saturated rings. The van der Waals surface area contributed by atoms with Crippen molar-refractivity contribution in [2.24, 2.45) is 0 Å². The van der Waals surface area contributed by atoms with Gasteiger partial charge in [0.05, 0.1) is 10.5 Å². The number of sulfonamides is 1. The Kier molecular flexibility index (Phi) is 3.32. The third-order valence-corrected chi connectivity index (χ3v) is 3.08. The Labute approximate surface area is 93.9 Å². The fourth-order valence-corrected chi connectivity index (χ4v) is 2.18. The predicted octanol–water partition coefficient (Wildman–Crippen LogP) is 1.66. The molecule has 0 aliphatic heterocycles. The maximum atomic E-state index is 12.5. The molecule has 0 atom stereocenters. The number of nitrogens with one attached hydrogen (secondary N) is 1. The van der Waals surface area contributed by atoms with Crippen molar-refractivity contribution in [1.82, 2.24) is 4.72 Å². The number of hydrogen-bond donors (Lipinski definition) is 2. The summed E-state index contributed by atoms with van der Waals surface area (Å²) >= 11 is 0. The summed E-state index contributed by atoms with van der Waals surface area (Å²) in [5.41, 5.74) is -1.42. The van der Waals surface area contributed by atoms with Gasteiger partial charge in [0.1, 0.15) is 0 Å². The van der Waals surface area contributed by atoms with Crippen LogP contribution in [0.3, 0.4) is 0 Å². The van der Waals surface area contributed by atoms with Crippen LogP contribution in [-0.2, 0) is 16.2 Å². The van der Waals surface area contributed by atoms with Gasteiger partial charge in [-0.15, -0.1) is 0 Å². The van der Waals surface area contributed by atoms with Gasteiger partial charge in [-0.25, -0.2) is 17.9 Å². The van der Waals surface area contributed by atoms with Crippen molar-refractivity contribution in [2.75, 3.05) is 0 Å². The van der Waals surface area contributed by atoms with Gasteiger partial charge in [0.2, 0.25) is 0 Å². The highest BCUT2D eigenvalue weighted by Crippen LogP contribution is 2.33. The van der Waals surface area contributed by atoms with Crippen molar-refractivity contribution < 1.29 is 31.5 Å². The van der Waals surface area contributed by atoms with Gasteiger partial charge in [-0.3, -0.25) is 0 Å². The standard InChI is InChI=1S/C8H6F3NO4S/c9-8(10,11)5-3-1-2-4-6(5)17(15,16)12-7(13)14/h1-4,12H,(H,13,14). The molecule has 0 heterocycles. The van der Waals surface area contributed by atoms with Crippen LogP contribution in [-0.4, -0.2) is 19.6 Å². The average molecular weight is 269 g/mol. The minimum Gasteiger partial charge on any atom is -0.464 e. The molecule has 9 heteroatoms. The van der Waals surface area contributed by atoms with E-state index in [0.29, 0.717) is 12.1 Å². The van der Waals surface area contributed by atoms with Crippen LogP contribution in [0.4, 0.5) is 18.0 Å². The summed E-state index contributed by atoms with van der Waals surface area (Å²) in [6, 6.07) is 3.29. The first-order valence-corrected chi connectivity index (χ1v) is 5.55. The quantitative estimate of drug-likeness (QED) is 0.855. The van der Waals surface area contributed by atoms with Gasteiger partial charge >= 0.3 is 12.3 Å². The SMILES string of the molecule is O=C(O)NS(=O)(=O)c1ccccc1C(F)(F)F. The maximum absolute atomic E-state index is 12.5. The lowest BCUT2D eigenvalue weighted by atomic mass is 10.2. The number of hydrogen-bond acceptors (Lipinski definition) is 3. The van der Waals surface area contributed by atoms with Crippen LogP contribution in [0.15, 0.2) is 29.2 Å². The number of halogens is 3. The Morgan fingerprint density at radius 2 is 1.76 bits per heavy atom. The molecule has 1 rings (SSSR count). The Morgan fingerprint density at radius 3 is 2.24 bits per heavy atom. The number of carboxylic acid groups (broad SMARTS) is 1. The Bertz CT molecular complexity index is 538. The van der Waals surface area contributed by atoms with E-state index in [-0.39, 0.29) is 0 Å². The number of amides is 1. The van der Waals surface area contributed by atoms with E-state index in [9.17, 15) is 26.4 Å². The van der Waals surface area contributed by atoms with Crippen LogP contribution in [0.25, 0.3) is 0 Å². The van der Waals surface area contributed by atoms with Crippen molar-refractivity contribution in [3.8, 4) is 0 Å². The van der Waals surface area contributed by atoms with Crippen LogP contribution in [0.1, 0.15) is 5.56 Å². The first-order chi connectivity index (χ1) is 7.64. The summed E-state index contributed by atoms with van der Waals surface area (Å²) in [4.78, 5) is 9.05. The zero-order valence-corrected chi connectivity index (χ0v) is 8.84. The first-order valence-electron chi connectivity index (χ1n) is 4.06. The van der Waals surface area contributed by atoms with Crippen LogP contribution in [0.5, 0.6) is 0 Å². The van der Waals surface area contributed by atoms with E-state index >= 15 is 0 Å². The normalized spacial score (nSPS) is 12.2. The zero-order chi connectivity index (χ0) is 13.3. The summed E-state index contributed by atoms with van der Waals surface area (Å²) < 4.78 is 61.1. The minimum atomic E-state index is -4.89. The van der Waals surface area contributed by atoms with Crippen molar-refractivity contribution in [3.63, 3.8) is 0 Å². The van der Waals surface area contributed by atoms with Gasteiger partial charge in [-0.05, 0) is 12.1 Å². The highest BCUT2D eigenvalue weighted by Gasteiger charge is 2.37. The van der Waals surface area contributed by atoms with Gasteiger partial charge in [-0.2, -0.15) is 13.2 Å². The first kappa shape index (κ1) is 13.3. The molecule has 0 spiro atoms. The lowest BCUT2D eigenvalue weighted by molar-refractivity contribution is -0.139. The Hall–Kier alpha value is -1.77. The van der Waals surface area contributed by atoms with Crippen LogP contribution < -0.4 is 4.72 Å². The smallest absolute Gasteiger partial charge is 0.418 e. The van der Waals surface area contributed by atoms with Crippen molar-refractivity contribution in [2.45, 2.75) is 11.1 Å². The second-order valence-electron chi connectivity index (χ2n) is 2.90. The summed E-state index contributed by atoms with van der Waals surface area (Å²) in [6.07, 6.45) is -6.84. The van der Waals surface area contributed by atoms with E-state index < -0.39 is 32.8 Å². The molecule has 1 amide bonds. The predicted molar refractivity (Wildman–Crippen MR) is 49.8 cm³/mol. The molecule has 0 saturated heterocycles. The van der Waals surface area contributed by atoms with E-state index in [4.69, 9.17) is 5.11 Å². The molecular formula is C8H6F3NO4S. The van der Waals surface area contributed by atoms with Gasteiger partial charge in [0, 0.05) is 0 Å². The monoisotopic (exact) mass is 269 g/mol. The average Bonchev–Trinajstić information content (AvgIpc) is 2.14. The van der Waals surface area contributed by atoms with E-state index in [0.717, 1.165) is 16.9 Å². The second kappa shape index (κ2) is 4.24. The summed E-state index contributed by atoms with van der Waals surface area (Å²) in [5, 5.41) is 8.23. The molecule has 0 aliphatic rings. The van der Waals surface area contributed by atoms with Crippen molar-refractivity contribution in [1.29, 1.82) is 0 Å². The largest absolute Gasteiger partial charge is 0.464 e.